The summed E-state index contributed by atoms with van der Waals surface area (Å²) in [6.45, 7) is 3.90. The number of ketones is 1. The zero-order valence-electron chi connectivity index (χ0n) is 16.5. The van der Waals surface area contributed by atoms with Crippen LogP contribution in [0.15, 0.2) is 18.2 Å². The lowest BCUT2D eigenvalue weighted by atomic mass is 10.0. The van der Waals surface area contributed by atoms with Gasteiger partial charge in [-0.15, -0.1) is 0 Å². The topological polar surface area (TPSA) is 113 Å². The van der Waals surface area contributed by atoms with Gasteiger partial charge < -0.3 is 24.8 Å². The first-order valence-corrected chi connectivity index (χ1v) is 9.97. The Morgan fingerprint density at radius 1 is 1.11 bits per heavy atom. The van der Waals surface area contributed by atoms with E-state index in [1.54, 1.807) is 6.92 Å². The molecule has 28 heavy (non-hydrogen) atoms. The summed E-state index contributed by atoms with van der Waals surface area (Å²) in [5, 5.41) is 29.6. The Balaban J connectivity index is 2.03. The molecule has 7 nitrogen and oxygen atoms in total. The van der Waals surface area contributed by atoms with E-state index in [4.69, 9.17) is 9.47 Å². The summed E-state index contributed by atoms with van der Waals surface area (Å²) >= 11 is 0. The lowest BCUT2D eigenvalue weighted by molar-refractivity contribution is -0.127. The molecular weight excluding hydrogens is 364 g/mol. The molecule has 0 amide bonds. The lowest BCUT2D eigenvalue weighted by Gasteiger charge is -2.19. The van der Waals surface area contributed by atoms with Gasteiger partial charge in [0.15, 0.2) is 18.2 Å². The van der Waals surface area contributed by atoms with Crippen LogP contribution in [0.25, 0.3) is 0 Å². The number of aliphatic hydroxyl groups is 2. The largest absolute Gasteiger partial charge is 0.507 e. The van der Waals surface area contributed by atoms with Crippen molar-refractivity contribution >= 4 is 11.8 Å². The fourth-order valence-electron chi connectivity index (χ4n) is 3.29. The Morgan fingerprint density at radius 2 is 1.82 bits per heavy atom. The first kappa shape index (κ1) is 22.3. The molecule has 156 valence electrons. The maximum absolute atomic E-state index is 12.5. The van der Waals surface area contributed by atoms with E-state index in [1.807, 2.05) is 0 Å². The van der Waals surface area contributed by atoms with Crippen molar-refractivity contribution in [2.24, 2.45) is 0 Å². The maximum atomic E-state index is 12.5. The molecule has 2 rings (SSSR count). The SMILES string of the molecule is CCCCCCCC(=O)c1ccc(O)c(C(=O)OC2C(CC)OC(O)C2O)c1. The Morgan fingerprint density at radius 3 is 2.50 bits per heavy atom. The number of esters is 1. The molecule has 1 aliphatic rings. The highest BCUT2D eigenvalue weighted by Gasteiger charge is 2.44. The molecule has 1 aromatic rings. The van der Waals surface area contributed by atoms with Gasteiger partial charge in [0.25, 0.3) is 0 Å². The number of hydrogen-bond donors (Lipinski definition) is 3. The molecule has 0 bridgehead atoms. The average Bonchev–Trinajstić information content (AvgIpc) is 2.95. The van der Waals surface area contributed by atoms with Crippen LogP contribution >= 0.6 is 0 Å². The van der Waals surface area contributed by atoms with E-state index in [-0.39, 0.29) is 17.1 Å². The number of benzene rings is 1. The minimum Gasteiger partial charge on any atom is -0.507 e. The predicted molar refractivity (Wildman–Crippen MR) is 102 cm³/mol. The van der Waals surface area contributed by atoms with Crippen LogP contribution in [0.4, 0.5) is 0 Å². The van der Waals surface area contributed by atoms with Crippen molar-refractivity contribution < 1.29 is 34.4 Å². The number of Topliss-reactive ketones (excluding diaryl/α,β-unsaturated/α-hetero) is 1. The second-order valence-electron chi connectivity index (χ2n) is 7.15. The van der Waals surface area contributed by atoms with Crippen LogP contribution < -0.4 is 0 Å². The highest BCUT2D eigenvalue weighted by Crippen LogP contribution is 2.28. The minimum absolute atomic E-state index is 0.100. The fraction of sp³-hybridized carbons (Fsp3) is 0.619. The average molecular weight is 394 g/mol. The number of carbonyl (C=O) groups excluding carboxylic acids is 2. The number of rotatable bonds is 10. The molecule has 0 spiro atoms. The summed E-state index contributed by atoms with van der Waals surface area (Å²) in [6.07, 6.45) is 1.43. The molecule has 0 aliphatic carbocycles. The van der Waals surface area contributed by atoms with Gasteiger partial charge in [0.2, 0.25) is 0 Å². The van der Waals surface area contributed by atoms with E-state index >= 15 is 0 Å². The number of ether oxygens (including phenoxy) is 2. The Kier molecular flexibility index (Phi) is 8.41. The third-order valence-electron chi connectivity index (χ3n) is 5.00. The van der Waals surface area contributed by atoms with Crippen molar-refractivity contribution in [1.82, 2.24) is 0 Å². The van der Waals surface area contributed by atoms with Crippen molar-refractivity contribution in [3.63, 3.8) is 0 Å². The molecule has 0 radical (unpaired) electrons. The smallest absolute Gasteiger partial charge is 0.342 e. The normalized spacial score (nSPS) is 24.3. The Labute approximate surface area is 165 Å². The first-order chi connectivity index (χ1) is 13.4. The molecule has 3 N–H and O–H groups in total. The predicted octanol–water partition coefficient (Wildman–Crippen LogP) is 2.95. The molecular formula is C21H30O7. The first-order valence-electron chi connectivity index (χ1n) is 9.97. The molecule has 1 aromatic carbocycles. The molecule has 7 heteroatoms. The van der Waals surface area contributed by atoms with E-state index in [0.717, 1.165) is 32.1 Å². The number of aromatic hydroxyl groups is 1. The second-order valence-corrected chi connectivity index (χ2v) is 7.15. The van der Waals surface area contributed by atoms with Gasteiger partial charge in [-0.1, -0.05) is 39.5 Å². The van der Waals surface area contributed by atoms with E-state index in [2.05, 4.69) is 6.92 Å². The van der Waals surface area contributed by atoms with Crippen LogP contribution in [-0.2, 0) is 9.47 Å². The standard InChI is InChI=1S/C21H30O7/c1-3-5-6-7-8-9-15(22)13-10-11-16(23)14(12-13)20(25)28-19-17(4-2)27-21(26)18(19)24/h10-12,17-19,21,23-24,26H,3-9H2,1-2H3. The van der Waals surface area contributed by atoms with Gasteiger partial charge >= 0.3 is 5.97 Å². The third-order valence-corrected chi connectivity index (χ3v) is 5.00. The highest BCUT2D eigenvalue weighted by molar-refractivity contribution is 6.00. The van der Waals surface area contributed by atoms with Gasteiger partial charge in [-0.2, -0.15) is 0 Å². The van der Waals surface area contributed by atoms with E-state index < -0.39 is 30.6 Å². The van der Waals surface area contributed by atoms with Gasteiger partial charge in [0, 0.05) is 12.0 Å². The van der Waals surface area contributed by atoms with Crippen molar-refractivity contribution in [2.75, 3.05) is 0 Å². The van der Waals surface area contributed by atoms with Gasteiger partial charge in [-0.3, -0.25) is 4.79 Å². The second kappa shape index (κ2) is 10.5. The van der Waals surface area contributed by atoms with Crippen LogP contribution in [0.3, 0.4) is 0 Å². The van der Waals surface area contributed by atoms with Crippen LogP contribution in [0.5, 0.6) is 5.75 Å². The number of unbranched alkanes of at least 4 members (excludes halogenated alkanes) is 4. The number of phenolic OH excluding ortho intramolecular Hbond substituents is 1. The highest BCUT2D eigenvalue weighted by atomic mass is 16.7. The number of hydrogen-bond acceptors (Lipinski definition) is 7. The molecule has 1 aliphatic heterocycles. The van der Waals surface area contributed by atoms with Gasteiger partial charge in [-0.25, -0.2) is 4.79 Å². The Bertz CT molecular complexity index is 673. The lowest BCUT2D eigenvalue weighted by Crippen LogP contribution is -2.36. The molecule has 0 aromatic heterocycles. The minimum atomic E-state index is -1.43. The zero-order valence-corrected chi connectivity index (χ0v) is 16.5. The van der Waals surface area contributed by atoms with Gasteiger partial charge in [0.1, 0.15) is 23.5 Å². The van der Waals surface area contributed by atoms with Crippen LogP contribution in [0, 0.1) is 0 Å². The van der Waals surface area contributed by atoms with Crippen molar-refractivity contribution in [2.45, 2.75) is 83.4 Å². The van der Waals surface area contributed by atoms with Gasteiger partial charge in [0.05, 0.1) is 0 Å². The molecule has 1 heterocycles. The summed E-state index contributed by atoms with van der Waals surface area (Å²) < 4.78 is 10.4. The third kappa shape index (κ3) is 5.53. The quantitative estimate of drug-likeness (QED) is 0.318. The van der Waals surface area contributed by atoms with Crippen LogP contribution in [0.1, 0.15) is 79.5 Å². The van der Waals surface area contributed by atoms with Crippen molar-refractivity contribution in [3.05, 3.63) is 29.3 Å². The van der Waals surface area contributed by atoms with E-state index in [1.165, 1.54) is 18.2 Å². The summed E-state index contributed by atoms with van der Waals surface area (Å²) in [5.41, 5.74) is 0.177. The van der Waals surface area contributed by atoms with Crippen LogP contribution in [0.2, 0.25) is 0 Å². The van der Waals surface area contributed by atoms with E-state index in [9.17, 15) is 24.9 Å². The number of carbonyl (C=O) groups is 2. The number of phenols is 1. The van der Waals surface area contributed by atoms with Crippen molar-refractivity contribution in [3.8, 4) is 5.75 Å². The van der Waals surface area contributed by atoms with Crippen molar-refractivity contribution in [1.29, 1.82) is 0 Å². The van der Waals surface area contributed by atoms with E-state index in [0.29, 0.717) is 18.4 Å². The number of aliphatic hydroxyl groups excluding tert-OH is 2. The van der Waals surface area contributed by atoms with Gasteiger partial charge in [-0.05, 0) is 31.0 Å². The molecule has 1 saturated heterocycles. The summed E-state index contributed by atoms with van der Waals surface area (Å²) in [6, 6.07) is 4.08. The molecule has 1 fully saturated rings. The molecule has 4 atom stereocenters. The summed E-state index contributed by atoms with van der Waals surface area (Å²) in [4.78, 5) is 24.9. The monoisotopic (exact) mass is 394 g/mol. The fourth-order valence-corrected chi connectivity index (χ4v) is 3.29. The summed E-state index contributed by atoms with van der Waals surface area (Å²) in [7, 11) is 0. The molecule has 0 saturated carbocycles. The maximum Gasteiger partial charge on any atom is 0.342 e. The summed E-state index contributed by atoms with van der Waals surface area (Å²) in [5.74, 6) is -1.29. The molecule has 4 unspecified atom stereocenters. The van der Waals surface area contributed by atoms with Crippen LogP contribution in [-0.4, -0.2) is 51.7 Å². The zero-order chi connectivity index (χ0) is 20.7. The Hall–Kier alpha value is -1.96.